The molecule has 0 bridgehead atoms. The summed E-state index contributed by atoms with van der Waals surface area (Å²) in [5, 5.41) is 0. The molecule has 0 radical (unpaired) electrons. The van der Waals surface area contributed by atoms with E-state index in [2.05, 4.69) is 30.3 Å². The molecule has 1 fully saturated rings. The van der Waals surface area contributed by atoms with E-state index in [1.807, 2.05) is 30.3 Å². The van der Waals surface area contributed by atoms with E-state index in [1.54, 1.807) is 6.07 Å². The maximum Gasteiger partial charge on any atom is 0.126 e. The van der Waals surface area contributed by atoms with Gasteiger partial charge in [0.05, 0.1) is 6.61 Å². The summed E-state index contributed by atoms with van der Waals surface area (Å²) in [4.78, 5) is 0. The van der Waals surface area contributed by atoms with Crippen molar-refractivity contribution in [1.29, 1.82) is 0 Å². The van der Waals surface area contributed by atoms with Crippen LogP contribution in [0.3, 0.4) is 0 Å². The molecule has 136 valence electrons. The highest BCUT2D eigenvalue weighted by Gasteiger charge is 2.34. The minimum atomic E-state index is -0.0811. The first kappa shape index (κ1) is 16.4. The average Bonchev–Trinajstić information content (AvgIpc) is 3.53. The third-order valence-electron chi connectivity index (χ3n) is 5.84. The van der Waals surface area contributed by atoms with Crippen molar-refractivity contribution >= 4 is 5.69 Å². The second-order valence-electron chi connectivity index (χ2n) is 7.65. The lowest BCUT2D eigenvalue weighted by Crippen LogP contribution is -2.25. The van der Waals surface area contributed by atoms with Crippen LogP contribution in [0.4, 0.5) is 10.1 Å². The fourth-order valence-corrected chi connectivity index (χ4v) is 4.27. The van der Waals surface area contributed by atoms with Gasteiger partial charge in [-0.15, -0.1) is 0 Å². The van der Waals surface area contributed by atoms with Crippen LogP contribution in [-0.4, -0.2) is 6.61 Å². The first-order chi connectivity index (χ1) is 13.2. The zero-order chi connectivity index (χ0) is 18.4. The van der Waals surface area contributed by atoms with Crippen molar-refractivity contribution in [3.63, 3.8) is 0 Å². The number of para-hydroxylation sites is 1. The van der Waals surface area contributed by atoms with Gasteiger partial charge in [0.1, 0.15) is 11.6 Å². The highest BCUT2D eigenvalue weighted by atomic mass is 19.1. The zero-order valence-corrected chi connectivity index (χ0v) is 15.1. The molecule has 3 aromatic carbocycles. The molecule has 1 aliphatic heterocycles. The Balaban J connectivity index is 1.62. The maximum absolute atomic E-state index is 14.3. The van der Waals surface area contributed by atoms with Crippen LogP contribution in [0.25, 0.3) is 0 Å². The van der Waals surface area contributed by atoms with Crippen LogP contribution in [0, 0.1) is 5.82 Å². The number of hydrogen-bond acceptors (Lipinski definition) is 2. The van der Waals surface area contributed by atoms with Crippen LogP contribution >= 0.6 is 0 Å². The van der Waals surface area contributed by atoms with E-state index >= 15 is 0 Å². The highest BCUT2D eigenvalue weighted by molar-refractivity contribution is 5.50. The number of halogens is 1. The number of fused-ring (bicyclic) bond motifs is 1. The molecule has 2 nitrogen and oxygen atoms in total. The molecule has 3 aromatic rings. The topological polar surface area (TPSA) is 35.2 Å². The molecule has 2 unspecified atom stereocenters. The van der Waals surface area contributed by atoms with Gasteiger partial charge in [0, 0.05) is 23.1 Å². The third kappa shape index (κ3) is 2.97. The van der Waals surface area contributed by atoms with Gasteiger partial charge in [0.15, 0.2) is 0 Å². The molecule has 0 spiro atoms. The summed E-state index contributed by atoms with van der Waals surface area (Å²) in [5.41, 5.74) is 11.1. The fraction of sp³-hybridized carbons (Fsp3) is 0.250. The number of nitrogen functional groups attached to an aromatic ring is 1. The van der Waals surface area contributed by atoms with Crippen molar-refractivity contribution in [3.8, 4) is 5.75 Å². The first-order valence-corrected chi connectivity index (χ1v) is 9.57. The second kappa shape index (κ2) is 6.41. The van der Waals surface area contributed by atoms with E-state index in [0.29, 0.717) is 12.5 Å². The van der Waals surface area contributed by atoms with E-state index < -0.39 is 0 Å². The lowest BCUT2D eigenvalue weighted by atomic mass is 9.75. The Bertz CT molecular complexity index is 978. The Labute approximate surface area is 158 Å². The van der Waals surface area contributed by atoms with Gasteiger partial charge < -0.3 is 10.5 Å². The Morgan fingerprint density at radius 3 is 2.37 bits per heavy atom. The van der Waals surface area contributed by atoms with Gasteiger partial charge in [0.2, 0.25) is 0 Å². The number of anilines is 1. The van der Waals surface area contributed by atoms with E-state index in [4.69, 9.17) is 10.5 Å². The Hall–Kier alpha value is -2.81. The number of benzene rings is 3. The number of nitrogens with two attached hydrogens (primary N) is 1. The number of ether oxygens (including phenoxy) is 1. The van der Waals surface area contributed by atoms with Gasteiger partial charge in [-0.3, -0.25) is 0 Å². The molecule has 2 aliphatic rings. The van der Waals surface area contributed by atoms with Crippen LogP contribution < -0.4 is 10.5 Å². The van der Waals surface area contributed by atoms with Crippen LogP contribution in [-0.2, 0) is 0 Å². The smallest absolute Gasteiger partial charge is 0.126 e. The summed E-state index contributed by atoms with van der Waals surface area (Å²) >= 11 is 0. The van der Waals surface area contributed by atoms with Crippen molar-refractivity contribution in [2.75, 3.05) is 12.3 Å². The van der Waals surface area contributed by atoms with Crippen molar-refractivity contribution in [3.05, 3.63) is 94.8 Å². The quantitative estimate of drug-likeness (QED) is 0.618. The number of hydrogen-bond donors (Lipinski definition) is 1. The summed E-state index contributed by atoms with van der Waals surface area (Å²) in [6, 6.07) is 21.9. The lowest BCUT2D eigenvalue weighted by molar-refractivity contribution is 0.249. The normalized spacial score (nSPS) is 21.4. The van der Waals surface area contributed by atoms with Gasteiger partial charge in [0.25, 0.3) is 0 Å². The van der Waals surface area contributed by atoms with Crippen LogP contribution in [0.15, 0.2) is 66.7 Å². The van der Waals surface area contributed by atoms with Gasteiger partial charge in [-0.2, -0.15) is 0 Å². The van der Waals surface area contributed by atoms with Crippen molar-refractivity contribution < 1.29 is 9.13 Å². The van der Waals surface area contributed by atoms with Crippen molar-refractivity contribution in [1.82, 2.24) is 0 Å². The van der Waals surface area contributed by atoms with Crippen LogP contribution in [0.5, 0.6) is 5.75 Å². The summed E-state index contributed by atoms with van der Waals surface area (Å²) in [7, 11) is 0. The molecule has 0 aromatic heterocycles. The minimum Gasteiger partial charge on any atom is -0.493 e. The number of rotatable bonds is 3. The fourth-order valence-electron chi connectivity index (χ4n) is 4.27. The Kier molecular flexibility index (Phi) is 3.89. The second-order valence-corrected chi connectivity index (χ2v) is 7.65. The zero-order valence-electron chi connectivity index (χ0n) is 15.1. The van der Waals surface area contributed by atoms with Gasteiger partial charge in [-0.05, 0) is 59.7 Å². The summed E-state index contributed by atoms with van der Waals surface area (Å²) < 4.78 is 20.4. The standard InChI is InChI=1S/C24H22FNO/c25-22-12-9-17(13-20(22)15-5-6-15)21-14-27-23-4-2-1-3-19(23)24(21)16-7-10-18(26)11-8-16/h1-4,7-13,15,21,24H,5-6,14,26H2. The highest BCUT2D eigenvalue weighted by Crippen LogP contribution is 2.48. The summed E-state index contributed by atoms with van der Waals surface area (Å²) in [6.45, 7) is 0.585. The molecule has 2 atom stereocenters. The summed E-state index contributed by atoms with van der Waals surface area (Å²) in [5.74, 6) is 1.54. The van der Waals surface area contributed by atoms with Gasteiger partial charge in [-0.25, -0.2) is 4.39 Å². The van der Waals surface area contributed by atoms with Crippen molar-refractivity contribution in [2.45, 2.75) is 30.6 Å². The maximum atomic E-state index is 14.3. The molecule has 0 amide bonds. The van der Waals surface area contributed by atoms with Crippen molar-refractivity contribution in [2.24, 2.45) is 0 Å². The minimum absolute atomic E-state index is 0.0811. The van der Waals surface area contributed by atoms with Gasteiger partial charge >= 0.3 is 0 Å². The molecule has 27 heavy (non-hydrogen) atoms. The monoisotopic (exact) mass is 359 g/mol. The van der Waals surface area contributed by atoms with E-state index in [1.165, 1.54) is 11.1 Å². The molecule has 0 saturated heterocycles. The van der Waals surface area contributed by atoms with Crippen LogP contribution in [0.1, 0.15) is 52.8 Å². The van der Waals surface area contributed by atoms with Gasteiger partial charge in [-0.1, -0.05) is 42.5 Å². The SMILES string of the molecule is Nc1ccc(C2c3ccccc3OCC2c2ccc(F)c(C3CC3)c2)cc1. The van der Waals surface area contributed by atoms with Crippen LogP contribution in [0.2, 0.25) is 0 Å². The molecule has 1 aliphatic carbocycles. The molecule has 1 heterocycles. The predicted octanol–water partition coefficient (Wildman–Crippen LogP) is 5.59. The molecular formula is C24H22FNO. The Morgan fingerprint density at radius 2 is 1.59 bits per heavy atom. The van der Waals surface area contributed by atoms with E-state index in [9.17, 15) is 4.39 Å². The summed E-state index contributed by atoms with van der Waals surface area (Å²) in [6.07, 6.45) is 2.18. The average molecular weight is 359 g/mol. The largest absolute Gasteiger partial charge is 0.493 e. The third-order valence-corrected chi connectivity index (χ3v) is 5.84. The molecule has 1 saturated carbocycles. The molecule has 2 N–H and O–H groups in total. The molecule has 3 heteroatoms. The first-order valence-electron chi connectivity index (χ1n) is 9.57. The molecular weight excluding hydrogens is 337 g/mol. The molecule has 5 rings (SSSR count). The van der Waals surface area contributed by atoms with E-state index in [-0.39, 0.29) is 17.7 Å². The van der Waals surface area contributed by atoms with E-state index in [0.717, 1.165) is 35.4 Å². The predicted molar refractivity (Wildman–Crippen MR) is 106 cm³/mol. The lowest BCUT2D eigenvalue weighted by Gasteiger charge is -2.34. The Morgan fingerprint density at radius 1 is 0.852 bits per heavy atom.